The molecule has 0 spiro atoms. The second kappa shape index (κ2) is 5.65. The van der Waals surface area contributed by atoms with Crippen molar-refractivity contribution >= 4 is 11.6 Å². The maximum Gasteiger partial charge on any atom is 0.260 e. The summed E-state index contributed by atoms with van der Waals surface area (Å²) in [6.07, 6.45) is 0.355. The molecule has 1 fully saturated rings. The van der Waals surface area contributed by atoms with Gasteiger partial charge in [-0.1, -0.05) is 12.1 Å². The molecule has 0 aromatic heterocycles. The number of halogens is 2. The summed E-state index contributed by atoms with van der Waals surface area (Å²) >= 11 is 0. The van der Waals surface area contributed by atoms with E-state index in [1.165, 1.54) is 4.90 Å². The van der Waals surface area contributed by atoms with E-state index in [0.29, 0.717) is 18.7 Å². The second-order valence-corrected chi connectivity index (χ2v) is 5.09. The smallest absolute Gasteiger partial charge is 0.260 e. The summed E-state index contributed by atoms with van der Waals surface area (Å²) in [5.74, 6) is -2.91. The summed E-state index contributed by atoms with van der Waals surface area (Å²) in [4.78, 5) is 13.3. The van der Waals surface area contributed by atoms with E-state index in [-0.39, 0.29) is 25.4 Å². The van der Waals surface area contributed by atoms with Crippen LogP contribution in [0, 0.1) is 6.92 Å². The van der Waals surface area contributed by atoms with Gasteiger partial charge in [0.05, 0.1) is 13.1 Å². The molecule has 104 valence electrons. The zero-order valence-corrected chi connectivity index (χ0v) is 11.0. The van der Waals surface area contributed by atoms with Gasteiger partial charge < -0.3 is 5.32 Å². The largest absolute Gasteiger partial charge is 0.325 e. The van der Waals surface area contributed by atoms with Crippen LogP contribution in [0.25, 0.3) is 0 Å². The van der Waals surface area contributed by atoms with Crippen molar-refractivity contribution in [1.29, 1.82) is 0 Å². The third-order valence-electron chi connectivity index (χ3n) is 3.14. The maximum absolute atomic E-state index is 13.2. The molecule has 1 aromatic rings. The van der Waals surface area contributed by atoms with Crippen LogP contribution in [0.3, 0.4) is 0 Å². The quantitative estimate of drug-likeness (QED) is 0.914. The average Bonchev–Trinajstić information content (AvgIpc) is 2.27. The SMILES string of the molecule is Cc1cccc(NC(=O)CN2CCCC(F)(F)C2)c1. The van der Waals surface area contributed by atoms with Gasteiger partial charge in [0.25, 0.3) is 5.92 Å². The van der Waals surface area contributed by atoms with Crippen LogP contribution in [-0.4, -0.2) is 36.4 Å². The van der Waals surface area contributed by atoms with Crippen molar-refractivity contribution in [1.82, 2.24) is 4.90 Å². The molecule has 1 saturated heterocycles. The Labute approximate surface area is 111 Å². The molecule has 1 amide bonds. The number of piperidine rings is 1. The summed E-state index contributed by atoms with van der Waals surface area (Å²) in [7, 11) is 0. The standard InChI is InChI=1S/C14H18F2N2O/c1-11-4-2-5-12(8-11)17-13(19)9-18-7-3-6-14(15,16)10-18/h2,4-5,8H,3,6-7,9-10H2,1H3,(H,17,19). The topological polar surface area (TPSA) is 32.3 Å². The van der Waals surface area contributed by atoms with Crippen molar-refractivity contribution in [3.05, 3.63) is 29.8 Å². The number of aryl methyl sites for hydroxylation is 1. The molecule has 2 rings (SSSR count). The number of nitrogens with one attached hydrogen (secondary N) is 1. The normalized spacial score (nSPS) is 19.1. The van der Waals surface area contributed by atoms with Crippen LogP contribution >= 0.6 is 0 Å². The average molecular weight is 268 g/mol. The second-order valence-electron chi connectivity index (χ2n) is 5.09. The van der Waals surface area contributed by atoms with Crippen LogP contribution in [0.5, 0.6) is 0 Å². The first-order valence-electron chi connectivity index (χ1n) is 6.41. The predicted molar refractivity (Wildman–Crippen MR) is 70.4 cm³/mol. The van der Waals surface area contributed by atoms with Gasteiger partial charge in [0.2, 0.25) is 5.91 Å². The van der Waals surface area contributed by atoms with Crippen molar-refractivity contribution in [2.45, 2.75) is 25.7 Å². The van der Waals surface area contributed by atoms with Crippen LogP contribution in [0.2, 0.25) is 0 Å². The molecule has 5 heteroatoms. The molecule has 0 aliphatic carbocycles. The van der Waals surface area contributed by atoms with E-state index in [4.69, 9.17) is 0 Å². The third-order valence-corrected chi connectivity index (χ3v) is 3.14. The number of hydrogen-bond donors (Lipinski definition) is 1. The number of anilines is 1. The number of hydrogen-bond acceptors (Lipinski definition) is 2. The van der Waals surface area contributed by atoms with E-state index in [1.54, 1.807) is 6.07 Å². The predicted octanol–water partition coefficient (Wildman–Crippen LogP) is 2.66. The fourth-order valence-electron chi connectivity index (χ4n) is 2.31. The van der Waals surface area contributed by atoms with Gasteiger partial charge in [-0.3, -0.25) is 9.69 Å². The molecule has 0 unspecified atom stereocenters. The van der Waals surface area contributed by atoms with Crippen LogP contribution in [0.15, 0.2) is 24.3 Å². The van der Waals surface area contributed by atoms with Crippen LogP contribution in [0.1, 0.15) is 18.4 Å². The van der Waals surface area contributed by atoms with Crippen molar-refractivity contribution in [2.24, 2.45) is 0 Å². The molecule has 0 saturated carbocycles. The molecule has 0 bridgehead atoms. The van der Waals surface area contributed by atoms with Gasteiger partial charge in [0.15, 0.2) is 0 Å². The number of rotatable bonds is 3. The molecule has 0 atom stereocenters. The number of alkyl halides is 2. The Morgan fingerprint density at radius 3 is 2.95 bits per heavy atom. The van der Waals surface area contributed by atoms with Crippen LogP contribution < -0.4 is 5.32 Å². The van der Waals surface area contributed by atoms with E-state index in [2.05, 4.69) is 5.32 Å². The van der Waals surface area contributed by atoms with Crippen LogP contribution in [-0.2, 0) is 4.79 Å². The van der Waals surface area contributed by atoms with Crippen LogP contribution in [0.4, 0.5) is 14.5 Å². The van der Waals surface area contributed by atoms with Crippen molar-refractivity contribution in [3.8, 4) is 0 Å². The summed E-state index contributed by atoms with van der Waals surface area (Å²) in [5.41, 5.74) is 1.75. The lowest BCUT2D eigenvalue weighted by atomic mass is 10.1. The minimum absolute atomic E-state index is 0.0174. The Hall–Kier alpha value is -1.49. The lowest BCUT2D eigenvalue weighted by Crippen LogP contribution is -2.45. The summed E-state index contributed by atoms with van der Waals surface area (Å²) in [6, 6.07) is 7.42. The number of nitrogens with zero attached hydrogens (tertiary/aromatic N) is 1. The Bertz CT molecular complexity index is 463. The zero-order chi connectivity index (χ0) is 13.9. The highest BCUT2D eigenvalue weighted by Gasteiger charge is 2.35. The Kier molecular flexibility index (Phi) is 4.14. The molecule has 3 nitrogen and oxygen atoms in total. The number of benzene rings is 1. The fraction of sp³-hybridized carbons (Fsp3) is 0.500. The molecule has 1 heterocycles. The van der Waals surface area contributed by atoms with Gasteiger partial charge in [0.1, 0.15) is 0 Å². The van der Waals surface area contributed by atoms with E-state index in [9.17, 15) is 13.6 Å². The number of carbonyl (C=O) groups is 1. The molecule has 1 N–H and O–H groups in total. The third kappa shape index (κ3) is 4.28. The molecule has 1 aliphatic rings. The first kappa shape index (κ1) is 13.9. The van der Waals surface area contributed by atoms with Crippen molar-refractivity contribution in [2.75, 3.05) is 25.0 Å². The fourth-order valence-corrected chi connectivity index (χ4v) is 2.31. The van der Waals surface area contributed by atoms with E-state index in [1.807, 2.05) is 25.1 Å². The monoisotopic (exact) mass is 268 g/mol. The highest BCUT2D eigenvalue weighted by molar-refractivity contribution is 5.92. The number of carbonyl (C=O) groups excluding carboxylic acids is 1. The highest BCUT2D eigenvalue weighted by Crippen LogP contribution is 2.26. The van der Waals surface area contributed by atoms with E-state index < -0.39 is 5.92 Å². The van der Waals surface area contributed by atoms with Gasteiger partial charge in [-0.25, -0.2) is 8.78 Å². The minimum Gasteiger partial charge on any atom is -0.325 e. The minimum atomic E-state index is -2.66. The summed E-state index contributed by atoms with van der Waals surface area (Å²) < 4.78 is 26.4. The lowest BCUT2D eigenvalue weighted by molar-refractivity contribution is -0.120. The number of likely N-dealkylation sites (tertiary alicyclic amines) is 1. The van der Waals surface area contributed by atoms with Gasteiger partial charge in [0, 0.05) is 12.1 Å². The maximum atomic E-state index is 13.2. The number of amides is 1. The van der Waals surface area contributed by atoms with Crippen molar-refractivity contribution < 1.29 is 13.6 Å². The molecule has 0 radical (unpaired) electrons. The van der Waals surface area contributed by atoms with Gasteiger partial charge >= 0.3 is 0 Å². The summed E-state index contributed by atoms with van der Waals surface area (Å²) in [5, 5.41) is 2.73. The first-order chi connectivity index (χ1) is 8.94. The van der Waals surface area contributed by atoms with E-state index in [0.717, 1.165) is 5.56 Å². The van der Waals surface area contributed by atoms with Gasteiger partial charge in [-0.2, -0.15) is 0 Å². The molecular formula is C14H18F2N2O. The Balaban J connectivity index is 1.87. The first-order valence-corrected chi connectivity index (χ1v) is 6.41. The molecule has 1 aliphatic heterocycles. The van der Waals surface area contributed by atoms with Crippen molar-refractivity contribution in [3.63, 3.8) is 0 Å². The zero-order valence-electron chi connectivity index (χ0n) is 11.0. The Morgan fingerprint density at radius 1 is 1.47 bits per heavy atom. The molecular weight excluding hydrogens is 250 g/mol. The molecule has 1 aromatic carbocycles. The van der Waals surface area contributed by atoms with E-state index >= 15 is 0 Å². The lowest BCUT2D eigenvalue weighted by Gasteiger charge is -2.31. The van der Waals surface area contributed by atoms with Gasteiger partial charge in [-0.15, -0.1) is 0 Å². The Morgan fingerprint density at radius 2 is 2.26 bits per heavy atom. The molecule has 19 heavy (non-hydrogen) atoms. The summed E-state index contributed by atoms with van der Waals surface area (Å²) in [6.45, 7) is 2.18. The highest BCUT2D eigenvalue weighted by atomic mass is 19.3. The van der Waals surface area contributed by atoms with Gasteiger partial charge in [-0.05, 0) is 37.6 Å².